The highest BCUT2D eigenvalue weighted by atomic mass is 32.2. The molecule has 0 radical (unpaired) electrons. The van der Waals surface area contributed by atoms with Gasteiger partial charge in [-0.2, -0.15) is 0 Å². The summed E-state index contributed by atoms with van der Waals surface area (Å²) in [6.07, 6.45) is 4.53. The summed E-state index contributed by atoms with van der Waals surface area (Å²) in [6.45, 7) is 0.745. The molecule has 6 heteroatoms. The molecule has 3 heterocycles. The highest BCUT2D eigenvalue weighted by molar-refractivity contribution is 7.98. The molecule has 0 saturated carbocycles. The maximum Gasteiger partial charge on any atom is 0.277 e. The average Bonchev–Trinajstić information content (AvgIpc) is 3.22. The highest BCUT2D eigenvalue weighted by Gasteiger charge is 2.15. The van der Waals surface area contributed by atoms with Crippen molar-refractivity contribution in [3.05, 3.63) is 53.9 Å². The third-order valence-electron chi connectivity index (χ3n) is 3.43. The Balaban J connectivity index is 1.49. The second-order valence-corrected chi connectivity index (χ2v) is 5.87. The minimum absolute atomic E-state index is 0.545. The van der Waals surface area contributed by atoms with Crippen LogP contribution in [0.25, 0.3) is 11.5 Å². The summed E-state index contributed by atoms with van der Waals surface area (Å²) in [7, 11) is 0. The van der Waals surface area contributed by atoms with E-state index >= 15 is 0 Å². The zero-order chi connectivity index (χ0) is 14.8. The Hall–Kier alpha value is -2.34. The molecule has 0 spiro atoms. The number of aromatic nitrogens is 3. The summed E-state index contributed by atoms with van der Waals surface area (Å²) >= 11 is 1.51. The monoisotopic (exact) mass is 311 g/mol. The fourth-order valence-electron chi connectivity index (χ4n) is 2.33. The van der Waals surface area contributed by atoms with E-state index in [9.17, 15) is 0 Å². The zero-order valence-corrected chi connectivity index (χ0v) is 12.5. The van der Waals surface area contributed by atoms with Crippen LogP contribution in [-0.2, 0) is 12.2 Å². The van der Waals surface area contributed by atoms with Crippen LogP contribution >= 0.6 is 11.8 Å². The lowest BCUT2D eigenvalue weighted by atomic mass is 10.1. The van der Waals surface area contributed by atoms with Gasteiger partial charge in [0.15, 0.2) is 0 Å². The van der Waals surface area contributed by atoms with E-state index in [0.717, 1.165) is 35.7 Å². The third kappa shape index (κ3) is 2.69. The molecule has 1 aliphatic rings. The maximum atomic E-state index is 5.73. The van der Waals surface area contributed by atoms with Gasteiger partial charge in [0, 0.05) is 30.1 Å². The first kappa shape index (κ1) is 13.3. The van der Waals surface area contributed by atoms with Gasteiger partial charge in [-0.05, 0) is 35.4 Å². The molecule has 2 aromatic heterocycles. The van der Waals surface area contributed by atoms with Crippen LogP contribution in [0.3, 0.4) is 0 Å². The minimum Gasteiger partial charge on any atom is -0.493 e. The normalized spacial score (nSPS) is 12.9. The molecule has 0 bridgehead atoms. The Morgan fingerprint density at radius 3 is 3.09 bits per heavy atom. The molecule has 22 heavy (non-hydrogen) atoms. The Labute approximate surface area is 131 Å². The van der Waals surface area contributed by atoms with Crippen molar-refractivity contribution in [3.63, 3.8) is 0 Å². The molecule has 0 fully saturated rings. The van der Waals surface area contributed by atoms with Crippen LogP contribution < -0.4 is 4.74 Å². The number of pyridine rings is 1. The maximum absolute atomic E-state index is 5.73. The Morgan fingerprint density at radius 2 is 2.18 bits per heavy atom. The van der Waals surface area contributed by atoms with Crippen molar-refractivity contribution >= 4 is 11.8 Å². The smallest absolute Gasteiger partial charge is 0.277 e. The van der Waals surface area contributed by atoms with Crippen molar-refractivity contribution in [2.45, 2.75) is 17.4 Å². The third-order valence-corrected chi connectivity index (χ3v) is 4.32. The number of nitrogens with zero attached hydrogens (tertiary/aromatic N) is 3. The lowest BCUT2D eigenvalue weighted by Crippen LogP contribution is -1.85. The number of ether oxygens (including phenoxy) is 1. The van der Waals surface area contributed by atoms with Gasteiger partial charge in [-0.25, -0.2) is 0 Å². The molecule has 0 amide bonds. The minimum atomic E-state index is 0.545. The van der Waals surface area contributed by atoms with Gasteiger partial charge in [-0.3, -0.25) is 4.98 Å². The molecule has 0 N–H and O–H groups in total. The van der Waals surface area contributed by atoms with Crippen molar-refractivity contribution in [3.8, 4) is 17.2 Å². The summed E-state index contributed by atoms with van der Waals surface area (Å²) < 4.78 is 11.2. The van der Waals surface area contributed by atoms with Gasteiger partial charge in [-0.1, -0.05) is 17.8 Å². The number of benzene rings is 1. The summed E-state index contributed by atoms with van der Waals surface area (Å²) in [5.41, 5.74) is 3.26. The van der Waals surface area contributed by atoms with E-state index in [1.54, 1.807) is 6.20 Å². The van der Waals surface area contributed by atoms with Gasteiger partial charge in [0.05, 0.1) is 6.61 Å². The van der Waals surface area contributed by atoms with Gasteiger partial charge in [0.25, 0.3) is 5.22 Å². The van der Waals surface area contributed by atoms with Crippen LogP contribution in [0.5, 0.6) is 5.75 Å². The molecular formula is C16H13N3O2S. The van der Waals surface area contributed by atoms with Crippen LogP contribution in [0.15, 0.2) is 52.4 Å². The van der Waals surface area contributed by atoms with Gasteiger partial charge in [-0.15, -0.1) is 10.2 Å². The quantitative estimate of drug-likeness (QED) is 0.689. The lowest BCUT2D eigenvalue weighted by molar-refractivity contribution is 0.357. The van der Waals surface area contributed by atoms with Crippen molar-refractivity contribution < 1.29 is 9.15 Å². The Bertz CT molecular complexity index is 789. The molecule has 110 valence electrons. The van der Waals surface area contributed by atoms with Crippen molar-refractivity contribution in [2.24, 2.45) is 0 Å². The zero-order valence-electron chi connectivity index (χ0n) is 11.7. The standard InChI is InChI=1S/C16H13N3O2S/c1-2-11(9-17-6-1)10-22-16-19-18-15(21-16)13-3-4-14-12(8-13)5-7-20-14/h1-4,6,8-9H,5,7,10H2. The van der Waals surface area contributed by atoms with Gasteiger partial charge in [0.1, 0.15) is 5.75 Å². The number of rotatable bonds is 4. The predicted octanol–water partition coefficient (Wildman–Crippen LogP) is 3.36. The van der Waals surface area contributed by atoms with Crippen LogP contribution in [0.4, 0.5) is 0 Å². The van der Waals surface area contributed by atoms with E-state index in [2.05, 4.69) is 21.2 Å². The van der Waals surface area contributed by atoms with Crippen molar-refractivity contribution in [1.29, 1.82) is 0 Å². The topological polar surface area (TPSA) is 61.0 Å². The molecule has 0 saturated heterocycles. The average molecular weight is 311 g/mol. The largest absolute Gasteiger partial charge is 0.493 e. The van der Waals surface area contributed by atoms with Crippen LogP contribution in [0, 0.1) is 0 Å². The number of hydrogen-bond acceptors (Lipinski definition) is 6. The summed E-state index contributed by atoms with van der Waals surface area (Å²) in [5, 5.41) is 8.79. The Kier molecular flexibility index (Phi) is 3.52. The van der Waals surface area contributed by atoms with E-state index in [1.165, 1.54) is 17.3 Å². The molecule has 0 unspecified atom stereocenters. The van der Waals surface area contributed by atoms with E-state index in [1.807, 2.05) is 30.5 Å². The molecule has 0 atom stereocenters. The molecule has 3 aromatic rings. The number of hydrogen-bond donors (Lipinski definition) is 0. The SMILES string of the molecule is c1cncc(CSc2nnc(-c3ccc4c(c3)CCO4)o2)c1. The van der Waals surface area contributed by atoms with E-state index in [4.69, 9.17) is 9.15 Å². The summed E-state index contributed by atoms with van der Waals surface area (Å²) in [6, 6.07) is 9.92. The van der Waals surface area contributed by atoms with Gasteiger partial charge >= 0.3 is 0 Å². The molecule has 4 rings (SSSR count). The van der Waals surface area contributed by atoms with E-state index in [0.29, 0.717) is 11.1 Å². The number of fused-ring (bicyclic) bond motifs is 1. The van der Waals surface area contributed by atoms with E-state index < -0.39 is 0 Å². The molecule has 0 aliphatic carbocycles. The summed E-state index contributed by atoms with van der Waals surface area (Å²) in [4.78, 5) is 4.09. The van der Waals surface area contributed by atoms with Gasteiger partial charge < -0.3 is 9.15 Å². The first-order valence-corrected chi connectivity index (χ1v) is 7.98. The highest BCUT2D eigenvalue weighted by Crippen LogP contribution is 2.31. The fourth-order valence-corrected chi connectivity index (χ4v) is 3.03. The first-order valence-electron chi connectivity index (χ1n) is 7.00. The first-order chi connectivity index (χ1) is 10.9. The van der Waals surface area contributed by atoms with Crippen LogP contribution in [0.1, 0.15) is 11.1 Å². The second-order valence-electron chi connectivity index (χ2n) is 4.94. The molecule has 1 aromatic carbocycles. The molecular weight excluding hydrogens is 298 g/mol. The van der Waals surface area contributed by atoms with Crippen molar-refractivity contribution in [1.82, 2.24) is 15.2 Å². The van der Waals surface area contributed by atoms with E-state index in [-0.39, 0.29) is 0 Å². The summed E-state index contributed by atoms with van der Waals surface area (Å²) in [5.74, 6) is 2.26. The number of thioether (sulfide) groups is 1. The Morgan fingerprint density at radius 1 is 1.18 bits per heavy atom. The lowest BCUT2D eigenvalue weighted by Gasteiger charge is -2.00. The van der Waals surface area contributed by atoms with Crippen LogP contribution in [0.2, 0.25) is 0 Å². The fraction of sp³-hybridized carbons (Fsp3) is 0.188. The molecule has 1 aliphatic heterocycles. The van der Waals surface area contributed by atoms with Crippen LogP contribution in [-0.4, -0.2) is 21.8 Å². The predicted molar refractivity (Wildman–Crippen MR) is 82.7 cm³/mol. The second kappa shape index (κ2) is 5.81. The van der Waals surface area contributed by atoms with Gasteiger partial charge in [0.2, 0.25) is 5.89 Å². The molecule has 5 nitrogen and oxygen atoms in total. The van der Waals surface area contributed by atoms with Crippen molar-refractivity contribution in [2.75, 3.05) is 6.61 Å².